The van der Waals surface area contributed by atoms with Crippen LogP contribution in [0.4, 0.5) is 4.79 Å². The first-order chi connectivity index (χ1) is 7.59. The molecule has 17 heavy (non-hydrogen) atoms. The van der Waals surface area contributed by atoms with Crippen molar-refractivity contribution in [1.29, 1.82) is 0 Å². The summed E-state index contributed by atoms with van der Waals surface area (Å²) in [5, 5.41) is 5.51. The van der Waals surface area contributed by atoms with Gasteiger partial charge < -0.3 is 15.4 Å². The summed E-state index contributed by atoms with van der Waals surface area (Å²) in [6.45, 7) is 9.68. The fourth-order valence-corrected chi connectivity index (χ4v) is 1.88. The van der Waals surface area contributed by atoms with Crippen LogP contribution < -0.4 is 10.6 Å². The Labute approximate surface area is 102 Å². The van der Waals surface area contributed by atoms with Gasteiger partial charge in [0, 0.05) is 12.1 Å². The molecule has 1 aliphatic heterocycles. The molecular formula is C12H22N2O3. The van der Waals surface area contributed by atoms with E-state index in [0.717, 1.165) is 6.42 Å². The van der Waals surface area contributed by atoms with Crippen LogP contribution in [0.15, 0.2) is 0 Å². The van der Waals surface area contributed by atoms with Crippen molar-refractivity contribution >= 4 is 12.0 Å². The van der Waals surface area contributed by atoms with Gasteiger partial charge in [-0.05, 0) is 41.0 Å². The largest absolute Gasteiger partial charge is 0.444 e. The van der Waals surface area contributed by atoms with Crippen molar-refractivity contribution in [2.45, 2.75) is 52.2 Å². The molecule has 98 valence electrons. The van der Waals surface area contributed by atoms with Gasteiger partial charge in [0.05, 0.1) is 5.92 Å². The Balaban J connectivity index is 2.37. The van der Waals surface area contributed by atoms with Crippen LogP contribution in [0.5, 0.6) is 0 Å². The smallest absolute Gasteiger partial charge is 0.407 e. The number of hydrogen-bond donors (Lipinski definition) is 2. The SMILES string of the molecule is CC1(C)C[C@H](CNC(=O)OC(C)(C)C)C(=O)N1. The van der Waals surface area contributed by atoms with Gasteiger partial charge in [0.2, 0.25) is 5.91 Å². The van der Waals surface area contributed by atoms with Gasteiger partial charge in [0.15, 0.2) is 0 Å². The van der Waals surface area contributed by atoms with Gasteiger partial charge in [-0.15, -0.1) is 0 Å². The third kappa shape index (κ3) is 4.63. The summed E-state index contributed by atoms with van der Waals surface area (Å²) in [7, 11) is 0. The standard InChI is InChI=1S/C12H22N2O3/c1-11(2,3)17-10(16)13-7-8-6-12(4,5)14-9(8)15/h8H,6-7H2,1-5H3,(H,13,16)(H,14,15)/t8-/m1/s1. The predicted octanol–water partition coefficient (Wildman–Crippen LogP) is 1.43. The third-order valence-corrected chi connectivity index (χ3v) is 2.48. The summed E-state index contributed by atoms with van der Waals surface area (Å²) >= 11 is 0. The van der Waals surface area contributed by atoms with E-state index in [0.29, 0.717) is 6.54 Å². The molecule has 0 aromatic heterocycles. The van der Waals surface area contributed by atoms with Crippen molar-refractivity contribution in [2.75, 3.05) is 6.54 Å². The van der Waals surface area contributed by atoms with E-state index in [1.54, 1.807) is 20.8 Å². The van der Waals surface area contributed by atoms with Crippen LogP contribution in [0.25, 0.3) is 0 Å². The number of ether oxygens (including phenoxy) is 1. The number of alkyl carbamates (subject to hydrolysis) is 1. The zero-order chi connectivity index (χ0) is 13.3. The van der Waals surface area contributed by atoms with E-state index in [2.05, 4.69) is 10.6 Å². The molecule has 1 aliphatic rings. The normalized spacial score (nSPS) is 23.1. The molecule has 1 heterocycles. The quantitative estimate of drug-likeness (QED) is 0.769. The monoisotopic (exact) mass is 242 g/mol. The molecule has 0 aromatic rings. The van der Waals surface area contributed by atoms with E-state index in [1.165, 1.54) is 0 Å². The first kappa shape index (κ1) is 13.8. The molecule has 1 saturated heterocycles. The lowest BCUT2D eigenvalue weighted by Gasteiger charge is -2.20. The van der Waals surface area contributed by atoms with Crippen molar-refractivity contribution in [3.8, 4) is 0 Å². The number of nitrogens with one attached hydrogen (secondary N) is 2. The Morgan fingerprint density at radius 2 is 2.12 bits per heavy atom. The van der Waals surface area contributed by atoms with Gasteiger partial charge in [-0.2, -0.15) is 0 Å². The number of carbonyl (C=O) groups excluding carboxylic acids is 2. The molecule has 0 aliphatic carbocycles. The first-order valence-corrected chi connectivity index (χ1v) is 5.88. The predicted molar refractivity (Wildman–Crippen MR) is 64.6 cm³/mol. The van der Waals surface area contributed by atoms with Crippen LogP contribution in [0.3, 0.4) is 0 Å². The lowest BCUT2D eigenvalue weighted by Crippen LogP contribution is -2.37. The zero-order valence-electron chi connectivity index (χ0n) is 11.2. The molecule has 0 radical (unpaired) electrons. The maximum Gasteiger partial charge on any atom is 0.407 e. The molecule has 5 nitrogen and oxygen atoms in total. The molecule has 1 rings (SSSR count). The average molecular weight is 242 g/mol. The van der Waals surface area contributed by atoms with Crippen molar-refractivity contribution in [2.24, 2.45) is 5.92 Å². The Morgan fingerprint density at radius 3 is 2.53 bits per heavy atom. The second-order valence-electron chi connectivity index (χ2n) is 6.16. The van der Waals surface area contributed by atoms with Crippen LogP contribution in [-0.4, -0.2) is 29.7 Å². The molecule has 0 unspecified atom stereocenters. The second-order valence-corrected chi connectivity index (χ2v) is 6.16. The van der Waals surface area contributed by atoms with E-state index in [9.17, 15) is 9.59 Å². The molecule has 2 amide bonds. The van der Waals surface area contributed by atoms with Crippen LogP contribution >= 0.6 is 0 Å². The second kappa shape index (κ2) is 4.55. The van der Waals surface area contributed by atoms with Gasteiger partial charge in [-0.1, -0.05) is 0 Å². The van der Waals surface area contributed by atoms with Crippen molar-refractivity contribution in [1.82, 2.24) is 10.6 Å². The van der Waals surface area contributed by atoms with Gasteiger partial charge in [-0.25, -0.2) is 4.79 Å². The summed E-state index contributed by atoms with van der Waals surface area (Å²) in [6, 6.07) is 0. The number of amides is 2. The van der Waals surface area contributed by atoms with Gasteiger partial charge in [0.25, 0.3) is 0 Å². The molecule has 0 spiro atoms. The summed E-state index contributed by atoms with van der Waals surface area (Å²) < 4.78 is 5.10. The van der Waals surface area contributed by atoms with E-state index < -0.39 is 11.7 Å². The topological polar surface area (TPSA) is 67.4 Å². The van der Waals surface area contributed by atoms with E-state index in [1.807, 2.05) is 13.8 Å². The highest BCUT2D eigenvalue weighted by Gasteiger charge is 2.37. The number of hydrogen-bond acceptors (Lipinski definition) is 3. The number of rotatable bonds is 2. The lowest BCUT2D eigenvalue weighted by molar-refractivity contribution is -0.122. The van der Waals surface area contributed by atoms with Gasteiger partial charge >= 0.3 is 6.09 Å². The molecule has 2 N–H and O–H groups in total. The molecule has 1 fully saturated rings. The summed E-state index contributed by atoms with van der Waals surface area (Å²) in [4.78, 5) is 23.0. The van der Waals surface area contributed by atoms with Crippen molar-refractivity contribution in [3.63, 3.8) is 0 Å². The minimum atomic E-state index is -0.513. The minimum Gasteiger partial charge on any atom is -0.444 e. The van der Waals surface area contributed by atoms with Gasteiger partial charge in [-0.3, -0.25) is 4.79 Å². The van der Waals surface area contributed by atoms with Crippen molar-refractivity contribution < 1.29 is 14.3 Å². The molecule has 0 bridgehead atoms. The Bertz CT molecular complexity index is 318. The molecule has 0 aromatic carbocycles. The maximum atomic E-state index is 11.6. The van der Waals surface area contributed by atoms with Crippen molar-refractivity contribution in [3.05, 3.63) is 0 Å². The van der Waals surface area contributed by atoms with E-state index in [-0.39, 0.29) is 17.4 Å². The minimum absolute atomic E-state index is 0.00828. The number of carbonyl (C=O) groups is 2. The lowest BCUT2D eigenvalue weighted by atomic mass is 9.97. The maximum absolute atomic E-state index is 11.6. The third-order valence-electron chi connectivity index (χ3n) is 2.48. The Kier molecular flexibility index (Phi) is 3.69. The summed E-state index contributed by atoms with van der Waals surface area (Å²) in [5.74, 6) is -0.177. The summed E-state index contributed by atoms with van der Waals surface area (Å²) in [6.07, 6.45) is 0.247. The molecular weight excluding hydrogens is 220 g/mol. The molecule has 1 atom stereocenters. The Morgan fingerprint density at radius 1 is 1.53 bits per heavy atom. The highest BCUT2D eigenvalue weighted by atomic mass is 16.6. The Hall–Kier alpha value is -1.26. The van der Waals surface area contributed by atoms with Gasteiger partial charge in [0.1, 0.15) is 5.60 Å². The van der Waals surface area contributed by atoms with Crippen LogP contribution in [0.1, 0.15) is 41.0 Å². The molecule has 0 saturated carbocycles. The zero-order valence-corrected chi connectivity index (χ0v) is 11.2. The highest BCUT2D eigenvalue weighted by molar-refractivity contribution is 5.82. The summed E-state index contributed by atoms with van der Waals surface area (Å²) in [5.41, 5.74) is -0.696. The van der Waals surface area contributed by atoms with Crippen LogP contribution in [0, 0.1) is 5.92 Å². The van der Waals surface area contributed by atoms with Crippen LogP contribution in [0.2, 0.25) is 0 Å². The first-order valence-electron chi connectivity index (χ1n) is 5.88. The van der Waals surface area contributed by atoms with E-state index in [4.69, 9.17) is 4.74 Å². The van der Waals surface area contributed by atoms with E-state index >= 15 is 0 Å². The highest BCUT2D eigenvalue weighted by Crippen LogP contribution is 2.23. The fraction of sp³-hybridized carbons (Fsp3) is 0.833. The average Bonchev–Trinajstić information content (AvgIpc) is 2.33. The fourth-order valence-electron chi connectivity index (χ4n) is 1.88. The molecule has 5 heteroatoms. The van der Waals surface area contributed by atoms with Crippen LogP contribution in [-0.2, 0) is 9.53 Å².